The molecule has 5 heteroatoms. The second kappa shape index (κ2) is 6.37. The Morgan fingerprint density at radius 1 is 1.15 bits per heavy atom. The molecule has 1 atom stereocenters. The molecule has 0 radical (unpaired) electrons. The van der Waals surface area contributed by atoms with Crippen LogP contribution in [0.2, 0.25) is 0 Å². The number of hydrogen-bond donors (Lipinski definition) is 1. The summed E-state index contributed by atoms with van der Waals surface area (Å²) in [5.41, 5.74) is 0.405. The van der Waals surface area contributed by atoms with E-state index in [9.17, 15) is 13.2 Å². The molecule has 1 aromatic rings. The molecular formula is C15H20F3NO. The van der Waals surface area contributed by atoms with Crippen molar-refractivity contribution in [2.75, 3.05) is 5.32 Å². The Hall–Kier alpha value is -1.39. The number of ether oxygens (including phenoxy) is 1. The Morgan fingerprint density at radius 3 is 2.45 bits per heavy atom. The van der Waals surface area contributed by atoms with Gasteiger partial charge in [-0.25, -0.2) is 0 Å². The smallest absolute Gasteiger partial charge is 0.404 e. The molecule has 1 N–H and O–H groups in total. The number of hydrogen-bond acceptors (Lipinski definition) is 2. The predicted molar refractivity (Wildman–Crippen MR) is 72.8 cm³/mol. The zero-order valence-electron chi connectivity index (χ0n) is 11.5. The van der Waals surface area contributed by atoms with Crippen molar-refractivity contribution in [2.24, 2.45) is 5.92 Å². The number of halogens is 3. The van der Waals surface area contributed by atoms with Crippen LogP contribution in [0, 0.1) is 5.92 Å². The van der Waals surface area contributed by atoms with Crippen molar-refractivity contribution in [2.45, 2.75) is 51.4 Å². The first-order valence-electron chi connectivity index (χ1n) is 7.07. The molecule has 112 valence electrons. The topological polar surface area (TPSA) is 21.3 Å². The van der Waals surface area contributed by atoms with Crippen LogP contribution in [-0.2, 0) is 0 Å². The van der Waals surface area contributed by atoms with Crippen LogP contribution >= 0.6 is 0 Å². The third-order valence-corrected chi connectivity index (χ3v) is 3.85. The van der Waals surface area contributed by atoms with Gasteiger partial charge in [0.25, 0.3) is 0 Å². The Morgan fingerprint density at radius 2 is 1.80 bits per heavy atom. The monoisotopic (exact) mass is 287 g/mol. The van der Waals surface area contributed by atoms with E-state index in [4.69, 9.17) is 0 Å². The van der Waals surface area contributed by atoms with E-state index in [0.717, 1.165) is 12.8 Å². The summed E-state index contributed by atoms with van der Waals surface area (Å²) < 4.78 is 41.1. The van der Waals surface area contributed by atoms with E-state index in [-0.39, 0.29) is 11.8 Å². The number of anilines is 1. The standard InChI is InChI=1S/C15H20F3NO/c1-11(12-7-3-2-4-8-12)19-13-9-5-6-10-14(13)20-15(16,17)18/h5-6,9-12,19H,2-4,7-8H2,1H3. The molecule has 0 heterocycles. The Bertz CT molecular complexity index is 427. The molecule has 1 aliphatic carbocycles. The summed E-state index contributed by atoms with van der Waals surface area (Å²) >= 11 is 0. The van der Waals surface area contributed by atoms with Gasteiger partial charge in [0.1, 0.15) is 0 Å². The summed E-state index contributed by atoms with van der Waals surface area (Å²) in [5, 5.41) is 3.18. The van der Waals surface area contributed by atoms with E-state index in [2.05, 4.69) is 10.1 Å². The van der Waals surface area contributed by atoms with Gasteiger partial charge in [0.15, 0.2) is 5.75 Å². The first-order valence-corrected chi connectivity index (χ1v) is 7.07. The van der Waals surface area contributed by atoms with E-state index >= 15 is 0 Å². The zero-order chi connectivity index (χ0) is 14.6. The maximum absolute atomic E-state index is 12.4. The molecule has 1 saturated carbocycles. The van der Waals surface area contributed by atoms with Gasteiger partial charge in [0, 0.05) is 6.04 Å². The third kappa shape index (κ3) is 4.32. The summed E-state index contributed by atoms with van der Waals surface area (Å²) in [4.78, 5) is 0. The van der Waals surface area contributed by atoms with Gasteiger partial charge in [-0.05, 0) is 37.8 Å². The molecule has 1 unspecified atom stereocenters. The molecule has 2 nitrogen and oxygen atoms in total. The van der Waals surface area contributed by atoms with Crippen molar-refractivity contribution in [3.63, 3.8) is 0 Å². The van der Waals surface area contributed by atoms with Crippen LogP contribution in [0.1, 0.15) is 39.0 Å². The highest BCUT2D eigenvalue weighted by Gasteiger charge is 2.32. The molecule has 1 aliphatic rings. The second-order valence-corrected chi connectivity index (χ2v) is 5.38. The highest BCUT2D eigenvalue weighted by Crippen LogP contribution is 2.33. The van der Waals surface area contributed by atoms with Gasteiger partial charge in [0.05, 0.1) is 5.69 Å². The fraction of sp³-hybridized carbons (Fsp3) is 0.600. The Kier molecular flexibility index (Phi) is 4.78. The van der Waals surface area contributed by atoms with Crippen molar-refractivity contribution in [1.29, 1.82) is 0 Å². The summed E-state index contributed by atoms with van der Waals surface area (Å²) in [6, 6.07) is 6.36. The number of benzene rings is 1. The molecule has 0 aliphatic heterocycles. The molecule has 0 amide bonds. The van der Waals surface area contributed by atoms with Crippen LogP contribution in [0.15, 0.2) is 24.3 Å². The van der Waals surface area contributed by atoms with Gasteiger partial charge in [-0.2, -0.15) is 0 Å². The zero-order valence-corrected chi connectivity index (χ0v) is 11.5. The lowest BCUT2D eigenvalue weighted by Gasteiger charge is -2.29. The lowest BCUT2D eigenvalue weighted by molar-refractivity contribution is -0.274. The van der Waals surface area contributed by atoms with Gasteiger partial charge >= 0.3 is 6.36 Å². The molecular weight excluding hydrogens is 267 g/mol. The van der Waals surface area contributed by atoms with E-state index in [1.54, 1.807) is 12.1 Å². The summed E-state index contributed by atoms with van der Waals surface area (Å²) in [7, 11) is 0. The van der Waals surface area contributed by atoms with Crippen molar-refractivity contribution in [3.05, 3.63) is 24.3 Å². The SMILES string of the molecule is CC(Nc1ccccc1OC(F)(F)F)C1CCCCC1. The van der Waals surface area contributed by atoms with Crippen LogP contribution in [0.3, 0.4) is 0 Å². The van der Waals surface area contributed by atoms with E-state index in [1.165, 1.54) is 31.4 Å². The molecule has 1 fully saturated rings. The fourth-order valence-corrected chi connectivity index (χ4v) is 2.80. The average molecular weight is 287 g/mol. The second-order valence-electron chi connectivity index (χ2n) is 5.38. The van der Waals surface area contributed by atoms with Crippen molar-refractivity contribution in [3.8, 4) is 5.75 Å². The molecule has 0 spiro atoms. The van der Waals surface area contributed by atoms with Crippen LogP contribution in [0.25, 0.3) is 0 Å². The van der Waals surface area contributed by atoms with Gasteiger partial charge in [-0.15, -0.1) is 13.2 Å². The number of para-hydroxylation sites is 2. The minimum atomic E-state index is -4.66. The average Bonchev–Trinajstić information content (AvgIpc) is 2.40. The molecule has 0 saturated heterocycles. The number of rotatable bonds is 4. The molecule has 0 bridgehead atoms. The summed E-state index contributed by atoms with van der Waals surface area (Å²) in [5.74, 6) is 0.352. The first kappa shape index (κ1) is 15.0. The first-order chi connectivity index (χ1) is 9.46. The minimum Gasteiger partial charge on any atom is -0.404 e. The Labute approximate surface area is 117 Å². The summed E-state index contributed by atoms with van der Waals surface area (Å²) in [6.45, 7) is 2.03. The van der Waals surface area contributed by atoms with Crippen molar-refractivity contribution >= 4 is 5.69 Å². The number of nitrogens with one attached hydrogen (secondary N) is 1. The maximum Gasteiger partial charge on any atom is 0.573 e. The van der Waals surface area contributed by atoms with Crippen LogP contribution in [0.4, 0.5) is 18.9 Å². The fourth-order valence-electron chi connectivity index (χ4n) is 2.80. The van der Waals surface area contributed by atoms with Crippen molar-refractivity contribution in [1.82, 2.24) is 0 Å². The molecule has 0 aromatic heterocycles. The predicted octanol–water partition coefficient (Wildman–Crippen LogP) is 4.97. The highest BCUT2D eigenvalue weighted by atomic mass is 19.4. The quantitative estimate of drug-likeness (QED) is 0.844. The molecule has 2 rings (SSSR count). The van der Waals surface area contributed by atoms with E-state index < -0.39 is 6.36 Å². The van der Waals surface area contributed by atoms with E-state index in [0.29, 0.717) is 11.6 Å². The molecule has 20 heavy (non-hydrogen) atoms. The maximum atomic E-state index is 12.4. The normalized spacial score (nSPS) is 18.6. The third-order valence-electron chi connectivity index (χ3n) is 3.85. The highest BCUT2D eigenvalue weighted by molar-refractivity contribution is 5.56. The number of alkyl halides is 3. The lowest BCUT2D eigenvalue weighted by Crippen LogP contribution is -2.28. The van der Waals surface area contributed by atoms with Crippen molar-refractivity contribution < 1.29 is 17.9 Å². The van der Waals surface area contributed by atoms with E-state index in [1.807, 2.05) is 6.92 Å². The van der Waals surface area contributed by atoms with Gasteiger partial charge < -0.3 is 10.1 Å². The summed E-state index contributed by atoms with van der Waals surface area (Å²) in [6.07, 6.45) is 1.28. The van der Waals surface area contributed by atoms with Crippen LogP contribution < -0.4 is 10.1 Å². The molecule has 1 aromatic carbocycles. The Balaban J connectivity index is 2.04. The minimum absolute atomic E-state index is 0.147. The van der Waals surface area contributed by atoms with Crippen LogP contribution in [0.5, 0.6) is 5.75 Å². The largest absolute Gasteiger partial charge is 0.573 e. The van der Waals surface area contributed by atoms with Gasteiger partial charge in [0.2, 0.25) is 0 Å². The lowest BCUT2D eigenvalue weighted by atomic mass is 9.84. The van der Waals surface area contributed by atoms with Gasteiger partial charge in [-0.3, -0.25) is 0 Å². The van der Waals surface area contributed by atoms with Crippen LogP contribution in [-0.4, -0.2) is 12.4 Å². The van der Waals surface area contributed by atoms with Gasteiger partial charge in [-0.1, -0.05) is 31.4 Å².